The average molecular weight is 435 g/mol. The van der Waals surface area contributed by atoms with Gasteiger partial charge in [-0.2, -0.15) is 8.78 Å². The van der Waals surface area contributed by atoms with E-state index in [4.69, 9.17) is 4.74 Å². The number of benzene rings is 2. The molecule has 0 N–H and O–H groups in total. The Hall–Kier alpha value is -2.94. The van der Waals surface area contributed by atoms with E-state index in [1.54, 1.807) is 36.4 Å². The van der Waals surface area contributed by atoms with Gasteiger partial charge in [-0.25, -0.2) is 4.39 Å². The SMILES string of the molecule is C=CCn1c(COc2ccccc2F)nnc1SC(C)c1ccc(OC(F)F)cc1. The molecule has 5 nitrogen and oxygen atoms in total. The first-order valence-corrected chi connectivity index (χ1v) is 9.97. The van der Waals surface area contributed by atoms with Gasteiger partial charge in [-0.15, -0.1) is 16.8 Å². The molecule has 30 heavy (non-hydrogen) atoms. The Balaban J connectivity index is 1.71. The van der Waals surface area contributed by atoms with Crippen molar-refractivity contribution in [3.05, 3.63) is 78.4 Å². The molecular formula is C21H20F3N3O2S. The van der Waals surface area contributed by atoms with Crippen molar-refractivity contribution in [1.29, 1.82) is 0 Å². The third-order valence-electron chi connectivity index (χ3n) is 4.16. The average Bonchev–Trinajstić information content (AvgIpc) is 3.09. The lowest BCUT2D eigenvalue weighted by atomic mass is 10.2. The van der Waals surface area contributed by atoms with Crippen LogP contribution in [0, 0.1) is 5.82 Å². The number of alkyl halides is 2. The molecule has 0 bridgehead atoms. The van der Waals surface area contributed by atoms with Gasteiger partial charge in [0.1, 0.15) is 12.4 Å². The summed E-state index contributed by atoms with van der Waals surface area (Å²) in [6.07, 6.45) is 1.71. The Morgan fingerprint density at radius 2 is 1.87 bits per heavy atom. The van der Waals surface area contributed by atoms with E-state index in [-0.39, 0.29) is 23.4 Å². The molecular weight excluding hydrogens is 415 g/mol. The molecule has 1 heterocycles. The highest BCUT2D eigenvalue weighted by Gasteiger charge is 2.17. The van der Waals surface area contributed by atoms with E-state index in [2.05, 4.69) is 21.5 Å². The van der Waals surface area contributed by atoms with Gasteiger partial charge in [0.05, 0.1) is 0 Å². The number of hydrogen-bond acceptors (Lipinski definition) is 5. The minimum Gasteiger partial charge on any atom is -0.483 e. The largest absolute Gasteiger partial charge is 0.483 e. The predicted molar refractivity (Wildman–Crippen MR) is 108 cm³/mol. The fourth-order valence-electron chi connectivity index (χ4n) is 2.68. The smallest absolute Gasteiger partial charge is 0.387 e. The van der Waals surface area contributed by atoms with Gasteiger partial charge in [-0.3, -0.25) is 4.57 Å². The van der Waals surface area contributed by atoms with Crippen LogP contribution in [0.4, 0.5) is 13.2 Å². The van der Waals surface area contributed by atoms with Gasteiger partial charge in [-0.1, -0.05) is 42.1 Å². The summed E-state index contributed by atoms with van der Waals surface area (Å²) in [6, 6.07) is 12.6. The second kappa shape index (κ2) is 10.2. The van der Waals surface area contributed by atoms with Crippen LogP contribution < -0.4 is 9.47 Å². The van der Waals surface area contributed by atoms with Gasteiger partial charge < -0.3 is 9.47 Å². The zero-order chi connectivity index (χ0) is 21.5. The van der Waals surface area contributed by atoms with Crippen LogP contribution in [0.5, 0.6) is 11.5 Å². The Labute approximate surface area is 176 Å². The number of nitrogens with zero attached hydrogens (tertiary/aromatic N) is 3. The third kappa shape index (κ3) is 5.56. The molecule has 0 aliphatic heterocycles. The minimum atomic E-state index is -2.86. The van der Waals surface area contributed by atoms with E-state index in [9.17, 15) is 13.2 Å². The third-order valence-corrected chi connectivity index (χ3v) is 5.29. The van der Waals surface area contributed by atoms with E-state index in [0.717, 1.165) is 5.56 Å². The van der Waals surface area contributed by atoms with Crippen molar-refractivity contribution in [3.63, 3.8) is 0 Å². The van der Waals surface area contributed by atoms with Crippen LogP contribution in [-0.2, 0) is 13.2 Å². The van der Waals surface area contributed by atoms with Crippen molar-refractivity contribution in [2.45, 2.75) is 37.1 Å². The number of thioether (sulfide) groups is 1. The van der Waals surface area contributed by atoms with Crippen LogP contribution in [0.1, 0.15) is 23.6 Å². The van der Waals surface area contributed by atoms with Gasteiger partial charge in [0.2, 0.25) is 0 Å². The van der Waals surface area contributed by atoms with Crippen molar-refractivity contribution in [1.82, 2.24) is 14.8 Å². The molecule has 0 fully saturated rings. The number of allylic oxidation sites excluding steroid dienone is 1. The summed E-state index contributed by atoms with van der Waals surface area (Å²) >= 11 is 1.45. The number of rotatable bonds is 10. The van der Waals surface area contributed by atoms with Gasteiger partial charge in [0.15, 0.2) is 22.5 Å². The highest BCUT2D eigenvalue weighted by molar-refractivity contribution is 7.99. The first-order chi connectivity index (χ1) is 14.5. The standard InChI is InChI=1S/C21H20F3N3O2S/c1-3-12-27-19(13-28-18-7-5-4-6-17(18)22)25-26-21(27)30-14(2)15-8-10-16(11-9-15)29-20(23)24/h3-11,14,20H,1,12-13H2,2H3. The second-order valence-electron chi connectivity index (χ2n) is 6.22. The summed E-state index contributed by atoms with van der Waals surface area (Å²) in [7, 11) is 0. The maximum absolute atomic E-state index is 13.8. The van der Waals surface area contributed by atoms with Crippen LogP contribution in [-0.4, -0.2) is 21.4 Å². The molecule has 0 saturated heterocycles. The molecule has 0 aliphatic rings. The van der Waals surface area contributed by atoms with E-state index in [0.29, 0.717) is 17.5 Å². The lowest BCUT2D eigenvalue weighted by Crippen LogP contribution is -2.08. The van der Waals surface area contributed by atoms with Crippen LogP contribution in [0.15, 0.2) is 66.3 Å². The second-order valence-corrected chi connectivity index (χ2v) is 7.53. The zero-order valence-electron chi connectivity index (χ0n) is 16.2. The van der Waals surface area contributed by atoms with Gasteiger partial charge in [0, 0.05) is 11.8 Å². The van der Waals surface area contributed by atoms with Gasteiger partial charge in [-0.05, 0) is 36.8 Å². The maximum atomic E-state index is 13.8. The van der Waals surface area contributed by atoms with Crippen LogP contribution in [0.2, 0.25) is 0 Å². The summed E-state index contributed by atoms with van der Waals surface area (Å²) in [4.78, 5) is 0. The van der Waals surface area contributed by atoms with Gasteiger partial charge >= 0.3 is 6.61 Å². The molecule has 1 atom stereocenters. The Morgan fingerprint density at radius 3 is 2.53 bits per heavy atom. The van der Waals surface area contributed by atoms with E-state index < -0.39 is 12.4 Å². The number of ether oxygens (including phenoxy) is 2. The van der Waals surface area contributed by atoms with Crippen molar-refractivity contribution in [2.75, 3.05) is 0 Å². The molecule has 1 unspecified atom stereocenters. The summed E-state index contributed by atoms with van der Waals surface area (Å²) in [5.74, 6) is 0.330. The maximum Gasteiger partial charge on any atom is 0.387 e. The topological polar surface area (TPSA) is 49.2 Å². The number of hydrogen-bond donors (Lipinski definition) is 0. The van der Waals surface area contributed by atoms with Crippen LogP contribution >= 0.6 is 11.8 Å². The molecule has 2 aromatic carbocycles. The predicted octanol–water partition coefficient (Wildman–Crippen LogP) is 5.64. The molecule has 0 radical (unpaired) electrons. The molecule has 0 spiro atoms. The summed E-state index contributed by atoms with van der Waals surface area (Å²) in [5, 5.41) is 9.00. The summed E-state index contributed by atoms with van der Waals surface area (Å²) < 4.78 is 50.1. The Morgan fingerprint density at radius 1 is 1.13 bits per heavy atom. The monoisotopic (exact) mass is 435 g/mol. The van der Waals surface area contributed by atoms with Crippen molar-refractivity contribution in [3.8, 4) is 11.5 Å². The summed E-state index contributed by atoms with van der Waals surface area (Å²) in [6.45, 7) is 3.38. The molecule has 1 aromatic heterocycles. The number of aromatic nitrogens is 3. The van der Waals surface area contributed by atoms with E-state index in [1.165, 1.54) is 30.0 Å². The van der Waals surface area contributed by atoms with E-state index in [1.807, 2.05) is 11.5 Å². The zero-order valence-corrected chi connectivity index (χ0v) is 17.0. The first kappa shape index (κ1) is 21.8. The normalized spacial score (nSPS) is 12.0. The van der Waals surface area contributed by atoms with Crippen molar-refractivity contribution in [2.24, 2.45) is 0 Å². The highest BCUT2D eigenvalue weighted by atomic mass is 32.2. The highest BCUT2D eigenvalue weighted by Crippen LogP contribution is 2.35. The van der Waals surface area contributed by atoms with Crippen molar-refractivity contribution >= 4 is 11.8 Å². The fraction of sp³-hybridized carbons (Fsp3) is 0.238. The molecule has 0 amide bonds. The quantitative estimate of drug-likeness (QED) is 0.305. The van der Waals surface area contributed by atoms with Crippen molar-refractivity contribution < 1.29 is 22.6 Å². The molecule has 158 valence electrons. The Bertz CT molecular complexity index is 980. The lowest BCUT2D eigenvalue weighted by Gasteiger charge is -2.14. The van der Waals surface area contributed by atoms with E-state index >= 15 is 0 Å². The molecule has 9 heteroatoms. The first-order valence-electron chi connectivity index (χ1n) is 9.09. The van der Waals surface area contributed by atoms with Crippen LogP contribution in [0.3, 0.4) is 0 Å². The fourth-order valence-corrected chi connectivity index (χ4v) is 3.68. The number of para-hydroxylation sites is 1. The van der Waals surface area contributed by atoms with Gasteiger partial charge in [0.25, 0.3) is 0 Å². The molecule has 0 saturated carbocycles. The minimum absolute atomic E-state index is 0.0290. The molecule has 0 aliphatic carbocycles. The lowest BCUT2D eigenvalue weighted by molar-refractivity contribution is -0.0498. The molecule has 3 aromatic rings. The van der Waals surface area contributed by atoms with Crippen LogP contribution in [0.25, 0.3) is 0 Å². The summed E-state index contributed by atoms with van der Waals surface area (Å²) in [5.41, 5.74) is 0.916. The number of halogens is 3. The molecule has 3 rings (SSSR count). The Kier molecular flexibility index (Phi) is 7.40.